The van der Waals surface area contributed by atoms with E-state index in [9.17, 15) is 18.0 Å². The van der Waals surface area contributed by atoms with Gasteiger partial charge in [0.2, 0.25) is 11.8 Å². The number of amides is 2. The van der Waals surface area contributed by atoms with Gasteiger partial charge in [0.05, 0.1) is 34.6 Å². The predicted octanol–water partition coefficient (Wildman–Crippen LogP) is 4.37. The van der Waals surface area contributed by atoms with E-state index in [0.717, 1.165) is 18.4 Å². The second kappa shape index (κ2) is 16.7. The van der Waals surface area contributed by atoms with Gasteiger partial charge in [-0.3, -0.25) is 14.5 Å². The third kappa shape index (κ3) is 10.3. The first-order chi connectivity index (χ1) is 21.3. The highest BCUT2D eigenvalue weighted by Crippen LogP contribution is 2.34. The molecule has 0 aliphatic heterocycles. The molecule has 2 atom stereocenters. The van der Waals surface area contributed by atoms with Gasteiger partial charge in [0, 0.05) is 24.0 Å². The minimum absolute atomic E-state index is 0.0123. The van der Waals surface area contributed by atoms with Gasteiger partial charge in [0.15, 0.2) is 9.84 Å². The number of nitriles is 1. The average molecular weight is 673 g/mol. The zero-order valence-corrected chi connectivity index (χ0v) is 28.0. The van der Waals surface area contributed by atoms with Gasteiger partial charge in [0.25, 0.3) is 0 Å². The fraction of sp³-hybridized carbons (Fsp3) is 0.364. The molecule has 3 aromatic carbocycles. The summed E-state index contributed by atoms with van der Waals surface area (Å²) in [4.78, 5) is 28.6. The molecule has 0 radical (unpaired) electrons. The van der Waals surface area contributed by atoms with Gasteiger partial charge in [-0.2, -0.15) is 5.26 Å². The molecule has 12 heteroatoms. The summed E-state index contributed by atoms with van der Waals surface area (Å²) in [7, 11) is -0.223. The molecular formula is C33H39Cl2N5O4S. The third-order valence-electron chi connectivity index (χ3n) is 7.64. The molecule has 0 spiro atoms. The lowest BCUT2D eigenvalue weighted by molar-refractivity contribution is -0.124. The first-order valence-corrected chi connectivity index (χ1v) is 16.8. The second-order valence-electron chi connectivity index (χ2n) is 11.2. The number of nitrogens with zero attached hydrogens (tertiary/aromatic N) is 3. The standard InChI is InChI=1S/C33H39Cl2N5O4S/c1-23-28(34)15-16-29(33(23)35)45(43,44)32(19-24-8-5-4-6-9-24)40(21-30(37)41)22-31(42)38-17-7-10-27(39(2)3)18-25-11-13-26(20-36)14-12-25/h4-6,8-9,11-16,27,32H,7,10,17-19,21-22H2,1-3H3,(H2,37,41)(H,38,42). The molecule has 9 nitrogen and oxygen atoms in total. The molecule has 0 bridgehead atoms. The number of primary amides is 1. The van der Waals surface area contributed by atoms with E-state index >= 15 is 0 Å². The zero-order chi connectivity index (χ0) is 33.1. The number of nitrogens with two attached hydrogens (primary N) is 1. The minimum Gasteiger partial charge on any atom is -0.369 e. The molecule has 3 aromatic rings. The highest BCUT2D eigenvalue weighted by molar-refractivity contribution is 7.92. The molecule has 0 saturated heterocycles. The molecule has 2 amide bonds. The summed E-state index contributed by atoms with van der Waals surface area (Å²) in [5.41, 5.74) is 8.37. The summed E-state index contributed by atoms with van der Waals surface area (Å²) < 4.78 is 28.3. The molecule has 0 aliphatic carbocycles. The van der Waals surface area contributed by atoms with E-state index in [1.165, 1.54) is 17.0 Å². The Kier molecular flexibility index (Phi) is 13.4. The average Bonchev–Trinajstić information content (AvgIpc) is 3.00. The molecule has 3 N–H and O–H groups in total. The smallest absolute Gasteiger partial charge is 0.234 e. The van der Waals surface area contributed by atoms with E-state index in [-0.39, 0.29) is 28.9 Å². The maximum Gasteiger partial charge on any atom is 0.234 e. The Morgan fingerprint density at radius 2 is 1.60 bits per heavy atom. The van der Waals surface area contributed by atoms with Crippen molar-refractivity contribution in [3.63, 3.8) is 0 Å². The van der Waals surface area contributed by atoms with Crippen molar-refractivity contribution in [1.29, 1.82) is 5.26 Å². The molecule has 240 valence electrons. The van der Waals surface area contributed by atoms with Crippen LogP contribution in [0.1, 0.15) is 35.1 Å². The Morgan fingerprint density at radius 3 is 2.20 bits per heavy atom. The number of carbonyl (C=O) groups is 2. The van der Waals surface area contributed by atoms with E-state index in [4.69, 9.17) is 34.2 Å². The zero-order valence-electron chi connectivity index (χ0n) is 25.7. The van der Waals surface area contributed by atoms with Crippen molar-refractivity contribution in [2.24, 2.45) is 5.73 Å². The van der Waals surface area contributed by atoms with E-state index in [1.54, 1.807) is 43.3 Å². The van der Waals surface area contributed by atoms with Crippen molar-refractivity contribution in [2.45, 2.75) is 48.9 Å². The normalized spacial score (nSPS) is 12.9. The summed E-state index contributed by atoms with van der Waals surface area (Å²) in [6, 6.07) is 21.6. The van der Waals surface area contributed by atoms with Crippen molar-refractivity contribution < 1.29 is 18.0 Å². The Labute approximate surface area is 275 Å². The molecule has 0 fully saturated rings. The van der Waals surface area contributed by atoms with E-state index < -0.39 is 33.6 Å². The third-order valence-corrected chi connectivity index (χ3v) is 10.8. The van der Waals surface area contributed by atoms with E-state index in [1.807, 2.05) is 32.3 Å². The van der Waals surface area contributed by atoms with Crippen LogP contribution in [0.25, 0.3) is 0 Å². The summed E-state index contributed by atoms with van der Waals surface area (Å²) in [5.74, 6) is -1.21. The van der Waals surface area contributed by atoms with Crippen LogP contribution in [0.2, 0.25) is 10.0 Å². The maximum absolute atomic E-state index is 14.1. The lowest BCUT2D eigenvalue weighted by Crippen LogP contribution is -2.50. The van der Waals surface area contributed by atoms with Crippen molar-refractivity contribution in [2.75, 3.05) is 33.7 Å². The molecule has 0 saturated carbocycles. The number of likely N-dealkylation sites (N-methyl/N-ethyl adjacent to an activating group) is 1. The summed E-state index contributed by atoms with van der Waals surface area (Å²) in [5, 5.41) is 10.9. The van der Waals surface area contributed by atoms with Crippen LogP contribution in [-0.4, -0.2) is 75.2 Å². The van der Waals surface area contributed by atoms with Gasteiger partial charge in [-0.15, -0.1) is 0 Å². The fourth-order valence-electron chi connectivity index (χ4n) is 5.05. The number of halogens is 2. The van der Waals surface area contributed by atoms with Crippen LogP contribution in [0.4, 0.5) is 0 Å². The van der Waals surface area contributed by atoms with Gasteiger partial charge in [0.1, 0.15) is 5.37 Å². The summed E-state index contributed by atoms with van der Waals surface area (Å²) in [6.45, 7) is 1.16. The highest BCUT2D eigenvalue weighted by Gasteiger charge is 2.36. The second-order valence-corrected chi connectivity index (χ2v) is 14.0. The van der Waals surface area contributed by atoms with Crippen LogP contribution in [0.5, 0.6) is 0 Å². The van der Waals surface area contributed by atoms with Gasteiger partial charge in [-0.05, 0) is 81.2 Å². The predicted molar refractivity (Wildman–Crippen MR) is 178 cm³/mol. The van der Waals surface area contributed by atoms with Crippen LogP contribution in [0, 0.1) is 18.3 Å². The number of hydrogen-bond donors (Lipinski definition) is 2. The highest BCUT2D eigenvalue weighted by atomic mass is 35.5. The van der Waals surface area contributed by atoms with Gasteiger partial charge < -0.3 is 16.0 Å². The van der Waals surface area contributed by atoms with Crippen molar-refractivity contribution in [3.05, 3.63) is 99.0 Å². The molecule has 0 heterocycles. The molecule has 0 aromatic heterocycles. The van der Waals surface area contributed by atoms with Crippen LogP contribution in [-0.2, 0) is 32.3 Å². The van der Waals surface area contributed by atoms with Crippen LogP contribution >= 0.6 is 23.2 Å². The number of rotatable bonds is 16. The monoisotopic (exact) mass is 671 g/mol. The first kappa shape index (κ1) is 36.0. The number of carbonyl (C=O) groups excluding carboxylic acids is 2. The minimum atomic E-state index is -4.22. The van der Waals surface area contributed by atoms with Crippen molar-refractivity contribution in [3.8, 4) is 6.07 Å². The lowest BCUT2D eigenvalue weighted by atomic mass is 10.00. The molecule has 2 unspecified atom stereocenters. The fourth-order valence-corrected chi connectivity index (χ4v) is 7.65. The summed E-state index contributed by atoms with van der Waals surface area (Å²) >= 11 is 12.7. The Balaban J connectivity index is 1.76. The van der Waals surface area contributed by atoms with E-state index in [2.05, 4.69) is 16.3 Å². The quantitative estimate of drug-likeness (QED) is 0.216. The van der Waals surface area contributed by atoms with Crippen molar-refractivity contribution >= 4 is 44.9 Å². The van der Waals surface area contributed by atoms with Crippen molar-refractivity contribution in [1.82, 2.24) is 15.1 Å². The SMILES string of the molecule is Cc1c(Cl)ccc(S(=O)(=O)C(Cc2ccccc2)N(CC(N)=O)CC(=O)NCCCC(Cc2ccc(C#N)cc2)N(C)C)c1Cl. The largest absolute Gasteiger partial charge is 0.369 e. The Bertz CT molecular complexity index is 1610. The van der Waals surface area contributed by atoms with Crippen LogP contribution < -0.4 is 11.1 Å². The van der Waals surface area contributed by atoms with Gasteiger partial charge >= 0.3 is 0 Å². The number of nitrogens with one attached hydrogen (secondary N) is 1. The lowest BCUT2D eigenvalue weighted by Gasteiger charge is -2.30. The molecular weight excluding hydrogens is 633 g/mol. The first-order valence-electron chi connectivity index (χ1n) is 14.5. The summed E-state index contributed by atoms with van der Waals surface area (Å²) in [6.07, 6.45) is 2.23. The maximum atomic E-state index is 14.1. The molecule has 0 aliphatic rings. The van der Waals surface area contributed by atoms with Crippen LogP contribution in [0.3, 0.4) is 0 Å². The van der Waals surface area contributed by atoms with Crippen LogP contribution in [0.15, 0.2) is 71.6 Å². The van der Waals surface area contributed by atoms with Gasteiger partial charge in [-0.1, -0.05) is 65.7 Å². The Morgan fingerprint density at radius 1 is 0.956 bits per heavy atom. The topological polar surface area (TPSA) is 137 Å². The number of hydrogen-bond acceptors (Lipinski definition) is 7. The molecule has 45 heavy (non-hydrogen) atoms. The Hall–Kier alpha value is -3.46. The molecule has 3 rings (SSSR count). The number of benzene rings is 3. The van der Waals surface area contributed by atoms with Gasteiger partial charge in [-0.25, -0.2) is 8.42 Å². The van der Waals surface area contributed by atoms with E-state index in [0.29, 0.717) is 34.7 Å². The number of sulfone groups is 1.